The van der Waals surface area contributed by atoms with Crippen LogP contribution in [0.2, 0.25) is 0 Å². The number of aliphatic hydroxyl groups is 5. The first-order chi connectivity index (χ1) is 30.8. The molecule has 20 atom stereocenters. The maximum absolute atomic E-state index is 14.7. The zero-order chi connectivity index (χ0) is 48.3. The number of hydrogen-bond donors (Lipinski definition) is 8. The van der Waals surface area contributed by atoms with Crippen LogP contribution < -0.4 is 0 Å². The number of aliphatic carboxylic acids is 3. The smallest absolute Gasteiger partial charge is 0.338 e. The van der Waals surface area contributed by atoms with Gasteiger partial charge in [0.05, 0.1) is 18.1 Å². The molecule has 8 rings (SSSR count). The highest BCUT2D eigenvalue weighted by atomic mass is 16.8. The fraction of sp³-hybridized carbons (Fsp3) is 0.872. The van der Waals surface area contributed by atoms with E-state index in [2.05, 4.69) is 54.5 Å². The number of ether oxygens (including phenoxy) is 7. The van der Waals surface area contributed by atoms with Crippen molar-refractivity contribution in [2.75, 3.05) is 13.2 Å². The van der Waals surface area contributed by atoms with Crippen LogP contribution in [-0.4, -0.2) is 158 Å². The van der Waals surface area contributed by atoms with Gasteiger partial charge in [-0.1, -0.05) is 60.1 Å². The van der Waals surface area contributed by atoms with Crippen molar-refractivity contribution in [3.05, 3.63) is 11.6 Å². The summed E-state index contributed by atoms with van der Waals surface area (Å²) in [7, 11) is 0. The Balaban J connectivity index is 1.05. The predicted molar refractivity (Wildman–Crippen MR) is 225 cm³/mol. The summed E-state index contributed by atoms with van der Waals surface area (Å²) in [6.45, 7) is 14.3. The molecule has 0 bridgehead atoms. The van der Waals surface area contributed by atoms with Crippen molar-refractivity contribution in [2.45, 2.75) is 193 Å². The minimum absolute atomic E-state index is 0.0791. The van der Waals surface area contributed by atoms with Gasteiger partial charge in [-0.2, -0.15) is 0 Å². The van der Waals surface area contributed by atoms with E-state index < -0.39 is 128 Å². The van der Waals surface area contributed by atoms with E-state index in [-0.39, 0.29) is 39.4 Å². The van der Waals surface area contributed by atoms with Crippen molar-refractivity contribution >= 4 is 23.9 Å². The van der Waals surface area contributed by atoms with Gasteiger partial charge in [0.25, 0.3) is 0 Å². The van der Waals surface area contributed by atoms with Crippen LogP contribution in [0.5, 0.6) is 0 Å². The van der Waals surface area contributed by atoms with Gasteiger partial charge in [0.15, 0.2) is 18.7 Å². The zero-order valence-electron chi connectivity index (χ0n) is 38.9. The molecule has 0 radical (unpaired) electrons. The summed E-state index contributed by atoms with van der Waals surface area (Å²) >= 11 is 0. The summed E-state index contributed by atoms with van der Waals surface area (Å²) in [5, 5.41) is 81.8. The van der Waals surface area contributed by atoms with E-state index >= 15 is 0 Å². The van der Waals surface area contributed by atoms with E-state index in [1.165, 1.54) is 5.57 Å². The van der Waals surface area contributed by atoms with Gasteiger partial charge in [-0.25, -0.2) is 14.4 Å². The van der Waals surface area contributed by atoms with Crippen molar-refractivity contribution in [1.29, 1.82) is 0 Å². The number of hydrogen-bond acceptors (Lipinski definition) is 16. The third-order valence-corrected chi connectivity index (χ3v) is 18.6. The first-order valence-electron chi connectivity index (χ1n) is 23.6. The topological polar surface area (TPSA) is 295 Å². The molecule has 3 heterocycles. The lowest BCUT2D eigenvalue weighted by Crippen LogP contribution is -2.69. The van der Waals surface area contributed by atoms with E-state index in [0.29, 0.717) is 25.7 Å². The van der Waals surface area contributed by atoms with Gasteiger partial charge in [-0.3, -0.25) is 4.79 Å². The van der Waals surface area contributed by atoms with Gasteiger partial charge in [0.2, 0.25) is 12.4 Å². The van der Waals surface area contributed by atoms with Crippen LogP contribution in [0.25, 0.3) is 0 Å². The van der Waals surface area contributed by atoms with Crippen LogP contribution in [0.4, 0.5) is 0 Å². The number of esters is 1. The third kappa shape index (κ3) is 7.74. The number of carbonyl (C=O) groups excluding carboxylic acids is 1. The monoisotopic (exact) mass is 938 g/mol. The van der Waals surface area contributed by atoms with Crippen molar-refractivity contribution in [3.63, 3.8) is 0 Å². The fourth-order valence-corrected chi connectivity index (χ4v) is 14.7. The maximum Gasteiger partial charge on any atom is 0.338 e. The van der Waals surface area contributed by atoms with Gasteiger partial charge in [0.1, 0.15) is 49.3 Å². The molecule has 8 N–H and O–H groups in total. The summed E-state index contributed by atoms with van der Waals surface area (Å²) in [6, 6.07) is 0. The van der Waals surface area contributed by atoms with Crippen LogP contribution >= 0.6 is 0 Å². The third-order valence-electron chi connectivity index (χ3n) is 18.6. The number of allylic oxidation sites excluding steroid dienone is 2. The fourth-order valence-electron chi connectivity index (χ4n) is 14.7. The number of fused-ring (bicyclic) bond motifs is 8. The molecule has 4 saturated carbocycles. The molecule has 0 amide bonds. The molecule has 3 saturated heterocycles. The molecule has 0 aromatic carbocycles. The lowest BCUT2D eigenvalue weighted by atomic mass is 9.33. The minimum Gasteiger partial charge on any atom is -0.480 e. The zero-order valence-corrected chi connectivity index (χ0v) is 38.9. The Morgan fingerprint density at radius 2 is 1.38 bits per heavy atom. The summed E-state index contributed by atoms with van der Waals surface area (Å²) in [5.41, 5.74) is -0.956. The molecule has 66 heavy (non-hydrogen) atoms. The van der Waals surface area contributed by atoms with E-state index in [1.807, 2.05) is 0 Å². The molecule has 3 aliphatic heterocycles. The molecule has 0 aromatic heterocycles. The van der Waals surface area contributed by atoms with E-state index in [0.717, 1.165) is 38.5 Å². The largest absolute Gasteiger partial charge is 0.480 e. The molecule has 19 nitrogen and oxygen atoms in total. The molecule has 8 aliphatic rings. The van der Waals surface area contributed by atoms with Crippen molar-refractivity contribution in [1.82, 2.24) is 0 Å². The Morgan fingerprint density at radius 1 is 0.697 bits per heavy atom. The highest BCUT2D eigenvalue weighted by Gasteiger charge is 2.70. The Kier molecular flexibility index (Phi) is 13.0. The van der Waals surface area contributed by atoms with E-state index in [4.69, 9.17) is 33.2 Å². The Bertz CT molecular complexity index is 1940. The van der Waals surface area contributed by atoms with Crippen LogP contribution in [0.3, 0.4) is 0 Å². The SMILES string of the molecule is CC1(C)CCC2(C(=O)O[C@@H]3O[C@H](CO)[C@@H](O)[C@H](O)[C@H]3O)CC[C@]3(C)C(=CCC4[C@@]5(C)CC[C@H](O[C@@H]6O[C@H](C(=O)O)[C@@H](O)[C@@H]7OC(C(=O)O)C(OCC(=O)O)O[C@@H]67)C(C)(C)C5CC[C@]43C)C2C1. The van der Waals surface area contributed by atoms with Crippen LogP contribution in [0.15, 0.2) is 11.6 Å². The predicted octanol–water partition coefficient (Wildman–Crippen LogP) is 2.35. The number of carboxylic acids is 3. The lowest BCUT2D eigenvalue weighted by molar-refractivity contribution is -0.390. The lowest BCUT2D eigenvalue weighted by Gasteiger charge is -2.71. The van der Waals surface area contributed by atoms with Gasteiger partial charge >= 0.3 is 23.9 Å². The summed E-state index contributed by atoms with van der Waals surface area (Å²) in [4.78, 5) is 50.6. The summed E-state index contributed by atoms with van der Waals surface area (Å²) in [6.07, 6.45) is -10.4. The Labute approximate surface area is 384 Å². The van der Waals surface area contributed by atoms with E-state index in [1.54, 1.807) is 0 Å². The molecule has 5 aliphatic carbocycles. The Hall–Kier alpha value is -2.82. The highest BCUT2D eigenvalue weighted by molar-refractivity contribution is 5.79. The van der Waals surface area contributed by atoms with Gasteiger partial charge in [-0.05, 0) is 109 Å². The molecule has 19 heteroatoms. The highest BCUT2D eigenvalue weighted by Crippen LogP contribution is 2.76. The molecular weight excluding hydrogens is 868 g/mol. The van der Waals surface area contributed by atoms with Crippen molar-refractivity contribution in [3.8, 4) is 0 Å². The average Bonchev–Trinajstić information content (AvgIpc) is 3.24. The van der Waals surface area contributed by atoms with Crippen LogP contribution in [-0.2, 0) is 52.3 Å². The molecule has 7 fully saturated rings. The standard InChI is InChI=1S/C47H70O19/c1-42(2)14-16-47(41(59)66-38-30(53)29(52)28(51)23(19-48)61-38)17-15-45(6)21(22(47)18-42)8-9-25-44(5)12-11-26(43(3,4)24(44)10-13-46(25,45)7)62-40-34-32(31(54)33(64-40)36(55)56)63-35(37(57)58)39(65-34)60-20-27(49)50/h8,22-26,28-35,38-40,48,51-54H,9-20H2,1-7H3,(H,49,50)(H,55,56)(H,57,58)/t22?,23-,24?,25?,26+,28-,29+,30-,31+,32+,33+,34-,35?,38+,39?,40-,44+,45-,46-,47?/m1/s1. The number of carboxylic acid groups (broad SMARTS) is 3. The van der Waals surface area contributed by atoms with Crippen LogP contribution in [0.1, 0.15) is 113 Å². The summed E-state index contributed by atoms with van der Waals surface area (Å²) < 4.78 is 41.2. The molecular formula is C47H70O19. The molecule has 6 unspecified atom stereocenters. The van der Waals surface area contributed by atoms with Crippen molar-refractivity contribution in [2.24, 2.45) is 50.2 Å². The normalized spacial score (nSPS) is 49.3. The number of rotatable bonds is 10. The van der Waals surface area contributed by atoms with E-state index in [9.17, 15) is 60.0 Å². The van der Waals surface area contributed by atoms with Gasteiger partial charge < -0.3 is 74.0 Å². The van der Waals surface area contributed by atoms with Gasteiger partial charge in [-0.15, -0.1) is 0 Å². The number of aliphatic hydroxyl groups excluding tert-OH is 5. The maximum atomic E-state index is 14.7. The molecule has 0 aromatic rings. The quantitative estimate of drug-likeness (QED) is 0.0886. The second-order valence-electron chi connectivity index (χ2n) is 22.7. The average molecular weight is 939 g/mol. The molecule has 0 spiro atoms. The summed E-state index contributed by atoms with van der Waals surface area (Å²) in [5.74, 6) is -4.81. The minimum atomic E-state index is -1.88. The van der Waals surface area contributed by atoms with Gasteiger partial charge in [0, 0.05) is 0 Å². The first kappa shape index (κ1) is 49.6. The van der Waals surface area contributed by atoms with Crippen molar-refractivity contribution < 1.29 is 93.2 Å². The number of carbonyl (C=O) groups is 4. The second kappa shape index (κ2) is 17.2. The first-order valence-corrected chi connectivity index (χ1v) is 23.6. The second-order valence-corrected chi connectivity index (χ2v) is 22.7. The van der Waals surface area contributed by atoms with Crippen LogP contribution in [0, 0.1) is 50.2 Å². The molecule has 372 valence electrons. The Morgan fingerprint density at radius 3 is 2.03 bits per heavy atom.